The summed E-state index contributed by atoms with van der Waals surface area (Å²) in [5.74, 6) is -1.03. The van der Waals surface area contributed by atoms with E-state index in [1.807, 2.05) is 40.7 Å². The molecule has 0 amide bonds. The van der Waals surface area contributed by atoms with Crippen molar-refractivity contribution in [3.05, 3.63) is 28.8 Å². The fourth-order valence-electron chi connectivity index (χ4n) is 1.85. The molecule has 3 heteroatoms. The van der Waals surface area contributed by atoms with Crippen molar-refractivity contribution in [3.8, 4) is 5.75 Å². The monoisotopic (exact) mass is 250 g/mol. The van der Waals surface area contributed by atoms with Crippen LogP contribution in [0.15, 0.2) is 12.1 Å². The summed E-state index contributed by atoms with van der Waals surface area (Å²) in [5, 5.41) is 19.2. The minimum atomic E-state index is -1.08. The van der Waals surface area contributed by atoms with Gasteiger partial charge in [0.1, 0.15) is 11.3 Å². The topological polar surface area (TPSA) is 57.5 Å². The first-order valence-electron chi connectivity index (χ1n) is 6.29. The summed E-state index contributed by atoms with van der Waals surface area (Å²) < 4.78 is 0. The molecule has 0 saturated carbocycles. The van der Waals surface area contributed by atoms with Gasteiger partial charge in [-0.05, 0) is 34.9 Å². The summed E-state index contributed by atoms with van der Waals surface area (Å²) in [7, 11) is 0. The number of rotatable bonds is 3. The van der Waals surface area contributed by atoms with Gasteiger partial charge in [0.25, 0.3) is 0 Å². The van der Waals surface area contributed by atoms with Gasteiger partial charge in [0.2, 0.25) is 0 Å². The third-order valence-corrected chi connectivity index (χ3v) is 3.38. The van der Waals surface area contributed by atoms with Crippen LogP contribution in [0, 0.1) is 0 Å². The van der Waals surface area contributed by atoms with Crippen molar-refractivity contribution in [1.82, 2.24) is 0 Å². The number of phenols is 1. The lowest BCUT2D eigenvalue weighted by atomic mass is 9.82. The number of hydrogen-bond donors (Lipinski definition) is 2. The lowest BCUT2D eigenvalue weighted by Gasteiger charge is -2.23. The molecule has 0 saturated heterocycles. The third kappa shape index (κ3) is 2.84. The largest absolute Gasteiger partial charge is 0.507 e. The zero-order valence-electron chi connectivity index (χ0n) is 11.7. The standard InChI is InChI=1S/C15H22O3/c1-6-9(2)11-7-10(15(3,4)5)8-12(13(11)16)14(17)18/h7-9,16H,6H2,1-5H3,(H,17,18). The van der Waals surface area contributed by atoms with Crippen LogP contribution in [0.3, 0.4) is 0 Å². The number of carboxylic acids is 1. The van der Waals surface area contributed by atoms with Crippen molar-refractivity contribution >= 4 is 5.97 Å². The summed E-state index contributed by atoms with van der Waals surface area (Å²) in [6.07, 6.45) is 0.861. The zero-order chi connectivity index (χ0) is 14.1. The number of aromatic hydroxyl groups is 1. The molecule has 18 heavy (non-hydrogen) atoms. The highest BCUT2D eigenvalue weighted by molar-refractivity contribution is 5.91. The third-order valence-electron chi connectivity index (χ3n) is 3.38. The molecular weight excluding hydrogens is 228 g/mol. The van der Waals surface area contributed by atoms with E-state index in [1.165, 1.54) is 0 Å². The summed E-state index contributed by atoms with van der Waals surface area (Å²) >= 11 is 0. The molecule has 1 aromatic rings. The quantitative estimate of drug-likeness (QED) is 0.855. The van der Waals surface area contributed by atoms with Crippen LogP contribution in [0.2, 0.25) is 0 Å². The molecule has 0 fully saturated rings. The summed E-state index contributed by atoms with van der Waals surface area (Å²) in [6.45, 7) is 10.1. The van der Waals surface area contributed by atoms with Gasteiger partial charge in [-0.3, -0.25) is 0 Å². The second-order valence-corrected chi connectivity index (χ2v) is 5.83. The summed E-state index contributed by atoms with van der Waals surface area (Å²) in [6, 6.07) is 3.50. The Bertz CT molecular complexity index is 456. The molecule has 0 aliphatic heterocycles. The highest BCUT2D eigenvalue weighted by atomic mass is 16.4. The average molecular weight is 250 g/mol. The van der Waals surface area contributed by atoms with Gasteiger partial charge in [0, 0.05) is 0 Å². The van der Waals surface area contributed by atoms with Crippen molar-refractivity contribution in [3.63, 3.8) is 0 Å². The van der Waals surface area contributed by atoms with Gasteiger partial charge in [-0.1, -0.05) is 40.7 Å². The van der Waals surface area contributed by atoms with E-state index in [4.69, 9.17) is 0 Å². The lowest BCUT2D eigenvalue weighted by Crippen LogP contribution is -2.14. The molecule has 0 heterocycles. The smallest absolute Gasteiger partial charge is 0.339 e. The number of benzene rings is 1. The van der Waals surface area contributed by atoms with E-state index in [0.717, 1.165) is 17.5 Å². The van der Waals surface area contributed by atoms with E-state index in [9.17, 15) is 15.0 Å². The van der Waals surface area contributed by atoms with Crippen molar-refractivity contribution in [1.29, 1.82) is 0 Å². The zero-order valence-corrected chi connectivity index (χ0v) is 11.7. The fourth-order valence-corrected chi connectivity index (χ4v) is 1.85. The van der Waals surface area contributed by atoms with E-state index in [2.05, 4.69) is 0 Å². The predicted octanol–water partition coefficient (Wildman–Crippen LogP) is 3.90. The van der Waals surface area contributed by atoms with Crippen LogP contribution in [0.25, 0.3) is 0 Å². The Morgan fingerprint density at radius 3 is 2.28 bits per heavy atom. The van der Waals surface area contributed by atoms with E-state index in [-0.39, 0.29) is 22.6 Å². The Hall–Kier alpha value is -1.51. The van der Waals surface area contributed by atoms with Gasteiger partial charge in [-0.2, -0.15) is 0 Å². The number of carbonyl (C=O) groups is 1. The van der Waals surface area contributed by atoms with Gasteiger partial charge >= 0.3 is 5.97 Å². The van der Waals surface area contributed by atoms with Gasteiger partial charge in [-0.15, -0.1) is 0 Å². The minimum absolute atomic E-state index is 0.00211. The SMILES string of the molecule is CCC(C)c1cc(C(C)(C)C)cc(C(=O)O)c1O. The maximum absolute atomic E-state index is 11.2. The number of carboxylic acid groups (broad SMARTS) is 1. The van der Waals surface area contributed by atoms with Crippen molar-refractivity contribution < 1.29 is 15.0 Å². The molecule has 1 unspecified atom stereocenters. The first kappa shape index (κ1) is 14.6. The first-order valence-corrected chi connectivity index (χ1v) is 6.29. The Balaban J connectivity index is 3.52. The molecule has 0 aliphatic rings. The lowest BCUT2D eigenvalue weighted by molar-refractivity contribution is 0.0693. The Labute approximate surface area is 108 Å². The Morgan fingerprint density at radius 2 is 1.89 bits per heavy atom. The molecule has 1 rings (SSSR count). The normalized spacial score (nSPS) is 13.4. The Morgan fingerprint density at radius 1 is 1.33 bits per heavy atom. The molecule has 1 atom stereocenters. The first-order chi connectivity index (χ1) is 8.18. The second kappa shape index (κ2) is 5.01. The highest BCUT2D eigenvalue weighted by Crippen LogP contribution is 2.36. The Kier molecular flexibility index (Phi) is 4.05. The maximum atomic E-state index is 11.2. The molecular formula is C15H22O3. The van der Waals surface area contributed by atoms with Crippen LogP contribution in [0.5, 0.6) is 5.75 Å². The molecule has 0 aliphatic carbocycles. The molecule has 0 radical (unpaired) electrons. The molecule has 0 spiro atoms. The minimum Gasteiger partial charge on any atom is -0.507 e. The van der Waals surface area contributed by atoms with Crippen LogP contribution in [-0.2, 0) is 5.41 Å². The van der Waals surface area contributed by atoms with Gasteiger partial charge in [0.05, 0.1) is 0 Å². The van der Waals surface area contributed by atoms with Gasteiger partial charge in [-0.25, -0.2) is 4.79 Å². The fraction of sp³-hybridized carbons (Fsp3) is 0.533. The van der Waals surface area contributed by atoms with E-state index >= 15 is 0 Å². The molecule has 2 N–H and O–H groups in total. The van der Waals surface area contributed by atoms with Crippen LogP contribution in [-0.4, -0.2) is 16.2 Å². The number of hydrogen-bond acceptors (Lipinski definition) is 2. The average Bonchev–Trinajstić information content (AvgIpc) is 2.26. The molecule has 0 bridgehead atoms. The van der Waals surface area contributed by atoms with E-state index < -0.39 is 5.97 Å². The van der Waals surface area contributed by atoms with E-state index in [1.54, 1.807) is 6.07 Å². The molecule has 100 valence electrons. The molecule has 3 nitrogen and oxygen atoms in total. The molecule has 1 aromatic carbocycles. The van der Waals surface area contributed by atoms with Crippen LogP contribution < -0.4 is 0 Å². The highest BCUT2D eigenvalue weighted by Gasteiger charge is 2.23. The van der Waals surface area contributed by atoms with Crippen molar-refractivity contribution in [2.24, 2.45) is 0 Å². The van der Waals surface area contributed by atoms with E-state index in [0.29, 0.717) is 0 Å². The maximum Gasteiger partial charge on any atom is 0.339 e. The van der Waals surface area contributed by atoms with Crippen molar-refractivity contribution in [2.45, 2.75) is 52.4 Å². The van der Waals surface area contributed by atoms with Crippen LogP contribution >= 0.6 is 0 Å². The van der Waals surface area contributed by atoms with Gasteiger partial charge in [0.15, 0.2) is 0 Å². The summed E-state index contributed by atoms with van der Waals surface area (Å²) in [4.78, 5) is 11.2. The summed E-state index contributed by atoms with van der Waals surface area (Å²) in [5.41, 5.74) is 1.52. The second-order valence-electron chi connectivity index (χ2n) is 5.83. The predicted molar refractivity (Wildman–Crippen MR) is 72.5 cm³/mol. The van der Waals surface area contributed by atoms with Gasteiger partial charge < -0.3 is 10.2 Å². The number of aromatic carboxylic acids is 1. The van der Waals surface area contributed by atoms with Crippen LogP contribution in [0.4, 0.5) is 0 Å². The van der Waals surface area contributed by atoms with Crippen LogP contribution in [0.1, 0.15) is 68.4 Å². The molecule has 0 aromatic heterocycles. The van der Waals surface area contributed by atoms with Crippen molar-refractivity contribution in [2.75, 3.05) is 0 Å².